The zero-order chi connectivity index (χ0) is 20.4. The summed E-state index contributed by atoms with van der Waals surface area (Å²) < 4.78 is 0. The zero-order valence-corrected chi connectivity index (χ0v) is 17.8. The summed E-state index contributed by atoms with van der Waals surface area (Å²) in [6.45, 7) is 1.77. The molecule has 0 radical (unpaired) electrons. The molecule has 30 heavy (non-hydrogen) atoms. The van der Waals surface area contributed by atoms with Crippen LogP contribution in [0.4, 0.5) is 16.1 Å². The molecule has 8 nitrogen and oxygen atoms in total. The van der Waals surface area contributed by atoms with Crippen LogP contribution in [0.3, 0.4) is 0 Å². The average molecular weight is 426 g/mol. The number of hydrogen-bond acceptors (Lipinski definition) is 8. The molecule has 2 N–H and O–H groups in total. The van der Waals surface area contributed by atoms with Crippen LogP contribution in [0.1, 0.15) is 51.4 Å². The molecule has 2 bridgehead atoms. The Labute approximate surface area is 180 Å². The van der Waals surface area contributed by atoms with Crippen LogP contribution in [0, 0.1) is 5.41 Å². The number of fused-ring (bicyclic) bond motifs is 2. The van der Waals surface area contributed by atoms with Gasteiger partial charge in [0.05, 0.1) is 0 Å². The first-order chi connectivity index (χ1) is 14.7. The van der Waals surface area contributed by atoms with E-state index in [1.807, 2.05) is 12.1 Å². The average Bonchev–Trinajstić information content (AvgIpc) is 3.38. The van der Waals surface area contributed by atoms with Gasteiger partial charge in [-0.05, 0) is 62.5 Å². The van der Waals surface area contributed by atoms with Crippen LogP contribution in [0.25, 0.3) is 0 Å². The highest BCUT2D eigenvalue weighted by Crippen LogP contribution is 2.48. The lowest BCUT2D eigenvalue weighted by atomic mass is 9.64. The second kappa shape index (κ2) is 8.29. The van der Waals surface area contributed by atoms with Crippen LogP contribution in [0.2, 0.25) is 0 Å². The normalized spacial score (nSPS) is 25.7. The van der Waals surface area contributed by atoms with Crippen LogP contribution < -0.4 is 15.5 Å². The zero-order valence-electron chi connectivity index (χ0n) is 17.0. The number of anilines is 3. The van der Waals surface area contributed by atoms with Gasteiger partial charge in [-0.25, -0.2) is 0 Å². The SMILES string of the molecule is O=C(CC12CCC=C(CCC1)C2)Nc1nnc(NC2CCN(c3cccnn3)C2)s1. The van der Waals surface area contributed by atoms with E-state index in [0.717, 1.165) is 56.1 Å². The van der Waals surface area contributed by atoms with Crippen molar-refractivity contribution < 1.29 is 4.79 Å². The van der Waals surface area contributed by atoms with E-state index in [9.17, 15) is 4.79 Å². The summed E-state index contributed by atoms with van der Waals surface area (Å²) in [6, 6.07) is 4.15. The van der Waals surface area contributed by atoms with Crippen LogP contribution in [0.15, 0.2) is 30.0 Å². The van der Waals surface area contributed by atoms with E-state index in [2.05, 4.69) is 42.0 Å². The van der Waals surface area contributed by atoms with Crippen molar-refractivity contribution in [1.82, 2.24) is 20.4 Å². The third-order valence-corrected chi connectivity index (χ3v) is 7.29. The summed E-state index contributed by atoms with van der Waals surface area (Å²) >= 11 is 1.41. The minimum atomic E-state index is 0.0653. The summed E-state index contributed by atoms with van der Waals surface area (Å²) in [5.41, 5.74) is 1.71. The number of carbonyl (C=O) groups is 1. The second-order valence-corrected chi connectivity index (χ2v) is 9.70. The van der Waals surface area contributed by atoms with E-state index in [0.29, 0.717) is 11.6 Å². The molecule has 1 saturated carbocycles. The Balaban J connectivity index is 1.14. The second-order valence-electron chi connectivity index (χ2n) is 8.73. The molecule has 0 aromatic carbocycles. The van der Waals surface area contributed by atoms with Gasteiger partial charge in [-0.15, -0.1) is 15.3 Å². The molecule has 2 aromatic rings. The summed E-state index contributed by atoms with van der Waals surface area (Å²) in [4.78, 5) is 14.9. The molecule has 0 spiro atoms. The fourth-order valence-corrected chi connectivity index (χ4v) is 5.85. The van der Waals surface area contributed by atoms with Crippen LogP contribution in [-0.4, -0.2) is 45.4 Å². The maximum atomic E-state index is 12.7. The molecule has 9 heteroatoms. The molecule has 1 amide bonds. The predicted octanol–water partition coefficient (Wildman–Crippen LogP) is 3.63. The van der Waals surface area contributed by atoms with Crippen molar-refractivity contribution >= 4 is 33.3 Å². The molecule has 5 rings (SSSR count). The van der Waals surface area contributed by atoms with E-state index >= 15 is 0 Å². The van der Waals surface area contributed by atoms with Crippen LogP contribution in [0.5, 0.6) is 0 Å². The third-order valence-electron chi connectivity index (χ3n) is 6.52. The van der Waals surface area contributed by atoms with Crippen molar-refractivity contribution in [3.05, 3.63) is 30.0 Å². The largest absolute Gasteiger partial charge is 0.355 e. The molecule has 1 saturated heterocycles. The minimum Gasteiger partial charge on any atom is -0.355 e. The Bertz CT molecular complexity index is 930. The molecule has 3 aliphatic rings. The smallest absolute Gasteiger partial charge is 0.226 e. The van der Waals surface area contributed by atoms with E-state index in [1.165, 1.54) is 24.2 Å². The number of carbonyl (C=O) groups excluding carboxylic acids is 1. The third kappa shape index (κ3) is 4.30. The Morgan fingerprint density at radius 3 is 3.10 bits per heavy atom. The van der Waals surface area contributed by atoms with Crippen molar-refractivity contribution in [1.29, 1.82) is 0 Å². The first-order valence-electron chi connectivity index (χ1n) is 10.8. The summed E-state index contributed by atoms with van der Waals surface area (Å²) in [5.74, 6) is 0.963. The van der Waals surface area contributed by atoms with Gasteiger partial charge < -0.3 is 15.5 Å². The monoisotopic (exact) mass is 425 g/mol. The number of nitrogens with zero attached hydrogens (tertiary/aromatic N) is 5. The van der Waals surface area contributed by atoms with E-state index in [-0.39, 0.29) is 17.4 Å². The lowest BCUT2D eigenvalue weighted by Crippen LogP contribution is -2.32. The summed E-state index contributed by atoms with van der Waals surface area (Å²) in [7, 11) is 0. The number of hydrogen-bond donors (Lipinski definition) is 2. The van der Waals surface area contributed by atoms with Gasteiger partial charge in [0.25, 0.3) is 0 Å². The topological polar surface area (TPSA) is 95.9 Å². The predicted molar refractivity (Wildman–Crippen MR) is 118 cm³/mol. The van der Waals surface area contributed by atoms with Crippen LogP contribution in [-0.2, 0) is 4.79 Å². The van der Waals surface area contributed by atoms with Gasteiger partial charge in [-0.3, -0.25) is 4.79 Å². The molecular weight excluding hydrogens is 398 g/mol. The van der Waals surface area contributed by atoms with Gasteiger partial charge in [0, 0.05) is 31.7 Å². The van der Waals surface area contributed by atoms with Gasteiger partial charge in [0.1, 0.15) is 0 Å². The summed E-state index contributed by atoms with van der Waals surface area (Å²) in [6.07, 6.45) is 12.6. The Morgan fingerprint density at radius 2 is 2.20 bits per heavy atom. The summed E-state index contributed by atoms with van der Waals surface area (Å²) in [5, 5.41) is 24.3. The van der Waals surface area contributed by atoms with Gasteiger partial charge in [-0.1, -0.05) is 23.0 Å². The Kier molecular flexibility index (Phi) is 5.37. The maximum absolute atomic E-state index is 12.7. The number of aromatic nitrogens is 4. The standard InChI is InChI=1S/C21H27N7OS/c29-18(13-21-8-1-4-15(12-21)5-2-9-21)24-20-27-26-19(30-20)23-16-7-11-28(14-16)17-6-3-10-22-25-17/h3-4,6,10,16H,1-2,5,7-9,11-14H2,(H,23,26)(H,24,27,29). The van der Waals surface area contributed by atoms with Crippen molar-refractivity contribution in [3.8, 4) is 0 Å². The Hall–Kier alpha value is -2.55. The Morgan fingerprint density at radius 1 is 1.27 bits per heavy atom. The molecule has 158 valence electrons. The van der Waals surface area contributed by atoms with Crippen molar-refractivity contribution in [2.24, 2.45) is 5.41 Å². The fraction of sp³-hybridized carbons (Fsp3) is 0.571. The number of allylic oxidation sites excluding steroid dienone is 2. The number of amides is 1. The van der Waals surface area contributed by atoms with Gasteiger partial charge in [0.15, 0.2) is 5.82 Å². The molecule has 1 aliphatic heterocycles. The fourth-order valence-electron chi connectivity index (χ4n) is 5.12. The van der Waals surface area contributed by atoms with Crippen molar-refractivity contribution in [2.75, 3.05) is 28.6 Å². The first kappa shape index (κ1) is 19.4. The molecule has 3 heterocycles. The molecular formula is C21H27N7OS. The molecule has 2 aromatic heterocycles. The molecule has 2 unspecified atom stereocenters. The molecule has 2 atom stereocenters. The van der Waals surface area contributed by atoms with Crippen molar-refractivity contribution in [2.45, 2.75) is 57.4 Å². The lowest BCUT2D eigenvalue weighted by molar-refractivity contribution is -0.119. The van der Waals surface area contributed by atoms with E-state index in [4.69, 9.17) is 0 Å². The van der Waals surface area contributed by atoms with Gasteiger partial charge >= 0.3 is 0 Å². The lowest BCUT2D eigenvalue weighted by Gasteiger charge is -2.41. The van der Waals surface area contributed by atoms with Gasteiger partial charge in [-0.2, -0.15) is 5.10 Å². The maximum Gasteiger partial charge on any atom is 0.226 e. The number of nitrogens with one attached hydrogen (secondary N) is 2. The minimum absolute atomic E-state index is 0.0653. The molecule has 2 fully saturated rings. The quantitative estimate of drug-likeness (QED) is 0.682. The molecule has 2 aliphatic carbocycles. The van der Waals surface area contributed by atoms with Crippen LogP contribution >= 0.6 is 11.3 Å². The highest BCUT2D eigenvalue weighted by atomic mass is 32.1. The highest BCUT2D eigenvalue weighted by Gasteiger charge is 2.37. The van der Waals surface area contributed by atoms with E-state index in [1.54, 1.807) is 11.8 Å². The highest BCUT2D eigenvalue weighted by molar-refractivity contribution is 7.19. The number of rotatable bonds is 6. The van der Waals surface area contributed by atoms with Gasteiger partial charge in [0.2, 0.25) is 16.2 Å². The van der Waals surface area contributed by atoms with E-state index < -0.39 is 0 Å². The van der Waals surface area contributed by atoms with Crippen molar-refractivity contribution in [3.63, 3.8) is 0 Å². The first-order valence-corrected chi connectivity index (χ1v) is 11.6.